The Morgan fingerprint density at radius 1 is 1.24 bits per heavy atom. The highest BCUT2D eigenvalue weighted by atomic mass is 19.1. The van der Waals surface area contributed by atoms with Gasteiger partial charge < -0.3 is 4.90 Å². The SMILES string of the molecule is Cc1cccc(C(=O)N2c3ccc(F)cc3CCC2C)c1. The summed E-state index contributed by atoms with van der Waals surface area (Å²) < 4.78 is 13.4. The van der Waals surface area contributed by atoms with E-state index >= 15 is 0 Å². The molecule has 1 aliphatic rings. The molecule has 3 heteroatoms. The summed E-state index contributed by atoms with van der Waals surface area (Å²) in [6, 6.07) is 12.4. The molecule has 1 unspecified atom stereocenters. The van der Waals surface area contributed by atoms with Gasteiger partial charge in [0.05, 0.1) is 0 Å². The topological polar surface area (TPSA) is 20.3 Å². The van der Waals surface area contributed by atoms with Gasteiger partial charge in [0.2, 0.25) is 0 Å². The van der Waals surface area contributed by atoms with Crippen LogP contribution in [-0.2, 0) is 6.42 Å². The van der Waals surface area contributed by atoms with Gasteiger partial charge in [-0.25, -0.2) is 4.39 Å². The Labute approximate surface area is 124 Å². The quantitative estimate of drug-likeness (QED) is 0.771. The van der Waals surface area contributed by atoms with Gasteiger partial charge in [-0.3, -0.25) is 4.79 Å². The van der Waals surface area contributed by atoms with E-state index in [0.717, 1.165) is 29.7 Å². The van der Waals surface area contributed by atoms with Crippen LogP contribution in [-0.4, -0.2) is 11.9 Å². The smallest absolute Gasteiger partial charge is 0.258 e. The highest BCUT2D eigenvalue weighted by molar-refractivity contribution is 6.07. The van der Waals surface area contributed by atoms with Crippen LogP contribution >= 0.6 is 0 Å². The predicted octanol–water partition coefficient (Wildman–Crippen LogP) is 4.12. The molecule has 0 fully saturated rings. The number of hydrogen-bond acceptors (Lipinski definition) is 1. The minimum absolute atomic E-state index is 0.0150. The number of carbonyl (C=O) groups is 1. The molecule has 2 aromatic carbocycles. The van der Waals surface area contributed by atoms with Crippen molar-refractivity contribution in [2.24, 2.45) is 0 Å². The average molecular weight is 283 g/mol. The third-order valence-corrected chi connectivity index (χ3v) is 4.06. The number of halogens is 1. The lowest BCUT2D eigenvalue weighted by molar-refractivity contribution is 0.0975. The van der Waals surface area contributed by atoms with Crippen LogP contribution in [0.4, 0.5) is 10.1 Å². The molecule has 0 saturated carbocycles. The molecule has 1 amide bonds. The molecule has 0 aromatic heterocycles. The summed E-state index contributed by atoms with van der Waals surface area (Å²) in [7, 11) is 0. The Balaban J connectivity index is 2.03. The monoisotopic (exact) mass is 283 g/mol. The second-order valence-electron chi connectivity index (χ2n) is 5.71. The molecule has 1 atom stereocenters. The van der Waals surface area contributed by atoms with Gasteiger partial charge in [-0.15, -0.1) is 0 Å². The van der Waals surface area contributed by atoms with Crippen LogP contribution in [0, 0.1) is 12.7 Å². The van der Waals surface area contributed by atoms with Crippen molar-refractivity contribution in [1.82, 2.24) is 0 Å². The lowest BCUT2D eigenvalue weighted by Gasteiger charge is -2.35. The van der Waals surface area contributed by atoms with Gasteiger partial charge in [0, 0.05) is 17.3 Å². The zero-order valence-electron chi connectivity index (χ0n) is 12.3. The highest BCUT2D eigenvalue weighted by Crippen LogP contribution is 2.32. The summed E-state index contributed by atoms with van der Waals surface area (Å²) in [6.45, 7) is 4.01. The van der Waals surface area contributed by atoms with E-state index in [0.29, 0.717) is 5.56 Å². The molecular weight excluding hydrogens is 265 g/mol. The van der Waals surface area contributed by atoms with Crippen molar-refractivity contribution in [3.05, 3.63) is 65.0 Å². The van der Waals surface area contributed by atoms with E-state index < -0.39 is 0 Å². The van der Waals surface area contributed by atoms with Crippen molar-refractivity contribution >= 4 is 11.6 Å². The van der Waals surface area contributed by atoms with Gasteiger partial charge in [0.15, 0.2) is 0 Å². The molecule has 0 bridgehead atoms. The minimum atomic E-state index is -0.244. The fourth-order valence-corrected chi connectivity index (χ4v) is 2.95. The number of hydrogen-bond donors (Lipinski definition) is 0. The number of carbonyl (C=O) groups excluding carboxylic acids is 1. The molecule has 0 aliphatic carbocycles. The predicted molar refractivity (Wildman–Crippen MR) is 82.2 cm³/mol. The summed E-state index contributed by atoms with van der Waals surface area (Å²) in [6.07, 6.45) is 1.67. The van der Waals surface area contributed by atoms with E-state index in [1.807, 2.05) is 38.1 Å². The molecule has 0 saturated heterocycles. The molecule has 1 heterocycles. The maximum Gasteiger partial charge on any atom is 0.258 e. The fraction of sp³-hybridized carbons (Fsp3) is 0.278. The second-order valence-corrected chi connectivity index (χ2v) is 5.71. The highest BCUT2D eigenvalue weighted by Gasteiger charge is 2.29. The Morgan fingerprint density at radius 3 is 2.81 bits per heavy atom. The average Bonchev–Trinajstić information content (AvgIpc) is 2.47. The normalized spacial score (nSPS) is 17.5. The first kappa shape index (κ1) is 13.8. The van der Waals surface area contributed by atoms with E-state index in [1.54, 1.807) is 11.0 Å². The second kappa shape index (κ2) is 5.32. The number of benzene rings is 2. The summed E-state index contributed by atoms with van der Waals surface area (Å²) in [5, 5.41) is 0. The van der Waals surface area contributed by atoms with Gasteiger partial charge >= 0.3 is 0 Å². The number of rotatable bonds is 1. The van der Waals surface area contributed by atoms with Crippen molar-refractivity contribution < 1.29 is 9.18 Å². The van der Waals surface area contributed by atoms with Crippen LogP contribution in [0.1, 0.15) is 34.8 Å². The third kappa shape index (κ3) is 2.56. The largest absolute Gasteiger partial charge is 0.305 e. The van der Waals surface area contributed by atoms with Gasteiger partial charge in [-0.2, -0.15) is 0 Å². The van der Waals surface area contributed by atoms with Crippen LogP contribution in [0.2, 0.25) is 0 Å². The van der Waals surface area contributed by atoms with E-state index in [9.17, 15) is 9.18 Å². The van der Waals surface area contributed by atoms with E-state index in [1.165, 1.54) is 12.1 Å². The van der Waals surface area contributed by atoms with Gasteiger partial charge in [0.25, 0.3) is 5.91 Å². The van der Waals surface area contributed by atoms with Crippen LogP contribution in [0.3, 0.4) is 0 Å². The first-order valence-corrected chi connectivity index (χ1v) is 7.25. The molecule has 3 rings (SSSR count). The molecule has 0 N–H and O–H groups in total. The van der Waals surface area contributed by atoms with Crippen molar-refractivity contribution in [3.63, 3.8) is 0 Å². The summed E-state index contributed by atoms with van der Waals surface area (Å²) in [5.41, 5.74) is 3.49. The summed E-state index contributed by atoms with van der Waals surface area (Å²) in [4.78, 5) is 14.6. The first-order chi connectivity index (χ1) is 10.1. The number of nitrogens with zero attached hydrogens (tertiary/aromatic N) is 1. The minimum Gasteiger partial charge on any atom is -0.305 e. The van der Waals surface area contributed by atoms with Gasteiger partial charge in [-0.1, -0.05) is 17.7 Å². The van der Waals surface area contributed by atoms with Crippen LogP contribution in [0.25, 0.3) is 0 Å². The molecular formula is C18H18FNO. The van der Waals surface area contributed by atoms with Gasteiger partial charge in [-0.05, 0) is 62.6 Å². The summed E-state index contributed by atoms with van der Waals surface area (Å²) in [5.74, 6) is -0.259. The van der Waals surface area contributed by atoms with Crippen LogP contribution in [0.15, 0.2) is 42.5 Å². The maximum absolute atomic E-state index is 13.4. The Hall–Kier alpha value is -2.16. The zero-order chi connectivity index (χ0) is 15.0. The number of anilines is 1. The summed E-state index contributed by atoms with van der Waals surface area (Å²) >= 11 is 0. The molecule has 108 valence electrons. The molecule has 0 radical (unpaired) electrons. The van der Waals surface area contributed by atoms with Crippen molar-refractivity contribution in [2.75, 3.05) is 4.90 Å². The van der Waals surface area contributed by atoms with E-state index in [2.05, 4.69) is 0 Å². The standard InChI is InChI=1S/C18H18FNO/c1-12-4-3-5-15(10-12)18(21)20-13(2)6-7-14-11-16(19)8-9-17(14)20/h3-5,8-11,13H,6-7H2,1-2H3. The lowest BCUT2D eigenvalue weighted by atomic mass is 9.95. The molecule has 1 aliphatic heterocycles. The molecule has 2 nitrogen and oxygen atoms in total. The first-order valence-electron chi connectivity index (χ1n) is 7.25. The van der Waals surface area contributed by atoms with E-state index in [-0.39, 0.29) is 17.8 Å². The molecule has 21 heavy (non-hydrogen) atoms. The van der Waals surface area contributed by atoms with Crippen molar-refractivity contribution in [3.8, 4) is 0 Å². The number of amides is 1. The Kier molecular flexibility index (Phi) is 3.50. The van der Waals surface area contributed by atoms with E-state index in [4.69, 9.17) is 0 Å². The number of aryl methyl sites for hydroxylation is 2. The Bertz CT molecular complexity index is 695. The lowest BCUT2D eigenvalue weighted by Crippen LogP contribution is -2.42. The van der Waals surface area contributed by atoms with Crippen molar-refractivity contribution in [1.29, 1.82) is 0 Å². The maximum atomic E-state index is 13.4. The molecule has 0 spiro atoms. The Morgan fingerprint density at radius 2 is 2.05 bits per heavy atom. The fourth-order valence-electron chi connectivity index (χ4n) is 2.95. The third-order valence-electron chi connectivity index (χ3n) is 4.06. The van der Waals surface area contributed by atoms with Crippen molar-refractivity contribution in [2.45, 2.75) is 32.7 Å². The zero-order valence-corrected chi connectivity index (χ0v) is 12.3. The van der Waals surface area contributed by atoms with Gasteiger partial charge in [0.1, 0.15) is 5.82 Å². The number of fused-ring (bicyclic) bond motifs is 1. The van der Waals surface area contributed by atoms with Crippen LogP contribution in [0.5, 0.6) is 0 Å². The molecule has 2 aromatic rings. The van der Waals surface area contributed by atoms with Crippen LogP contribution < -0.4 is 4.90 Å².